The Bertz CT molecular complexity index is 1210. The SMILES string of the molecule is Cn1c(SCC(=O)Nc2ccc(F)cc2)nc2c(oc3ccccc32)c1=O. The summed E-state index contributed by atoms with van der Waals surface area (Å²) in [6, 6.07) is 12.8. The van der Waals surface area contributed by atoms with Crippen LogP contribution in [-0.2, 0) is 11.8 Å². The number of benzene rings is 2. The van der Waals surface area contributed by atoms with Crippen molar-refractivity contribution in [3.8, 4) is 0 Å². The highest BCUT2D eigenvalue weighted by atomic mass is 32.2. The summed E-state index contributed by atoms with van der Waals surface area (Å²) in [5.74, 6) is -0.598. The zero-order chi connectivity index (χ0) is 19.0. The minimum atomic E-state index is -0.373. The molecule has 0 aliphatic heterocycles. The third kappa shape index (κ3) is 3.31. The molecule has 27 heavy (non-hydrogen) atoms. The van der Waals surface area contributed by atoms with Gasteiger partial charge in [-0.15, -0.1) is 0 Å². The van der Waals surface area contributed by atoms with Crippen LogP contribution in [0.15, 0.2) is 62.9 Å². The molecular formula is C19H14FN3O3S. The minimum absolute atomic E-state index is 0.0545. The van der Waals surface area contributed by atoms with Crippen LogP contribution in [0.25, 0.3) is 22.1 Å². The number of aromatic nitrogens is 2. The second kappa shape index (κ2) is 6.88. The summed E-state index contributed by atoms with van der Waals surface area (Å²) in [5, 5.41) is 3.84. The molecule has 0 radical (unpaired) electrons. The number of anilines is 1. The van der Waals surface area contributed by atoms with Gasteiger partial charge in [0, 0.05) is 18.1 Å². The van der Waals surface area contributed by atoms with Crippen LogP contribution in [0.5, 0.6) is 0 Å². The van der Waals surface area contributed by atoms with E-state index in [-0.39, 0.29) is 28.6 Å². The van der Waals surface area contributed by atoms with E-state index in [0.29, 0.717) is 21.9 Å². The second-order valence-electron chi connectivity index (χ2n) is 5.88. The van der Waals surface area contributed by atoms with Crippen molar-refractivity contribution in [3.63, 3.8) is 0 Å². The summed E-state index contributed by atoms with van der Waals surface area (Å²) in [6.07, 6.45) is 0. The average molecular weight is 383 g/mol. The fourth-order valence-electron chi connectivity index (χ4n) is 2.69. The summed E-state index contributed by atoms with van der Waals surface area (Å²) in [7, 11) is 1.59. The molecular weight excluding hydrogens is 369 g/mol. The van der Waals surface area contributed by atoms with E-state index in [1.165, 1.54) is 28.8 Å². The molecule has 4 rings (SSSR count). The lowest BCUT2D eigenvalue weighted by molar-refractivity contribution is -0.113. The molecule has 136 valence electrons. The van der Waals surface area contributed by atoms with Crippen molar-refractivity contribution in [1.82, 2.24) is 9.55 Å². The van der Waals surface area contributed by atoms with Gasteiger partial charge >= 0.3 is 0 Å². The Hall–Kier alpha value is -3.13. The van der Waals surface area contributed by atoms with Crippen LogP contribution in [0.1, 0.15) is 0 Å². The number of nitrogens with zero attached hydrogens (tertiary/aromatic N) is 2. The third-order valence-corrected chi connectivity index (χ3v) is 5.05. The molecule has 2 aromatic heterocycles. The van der Waals surface area contributed by atoms with E-state index in [1.54, 1.807) is 13.1 Å². The first-order valence-corrected chi connectivity index (χ1v) is 9.08. The van der Waals surface area contributed by atoms with Crippen LogP contribution in [0.3, 0.4) is 0 Å². The fraction of sp³-hybridized carbons (Fsp3) is 0.105. The van der Waals surface area contributed by atoms with Gasteiger partial charge in [0.15, 0.2) is 5.16 Å². The predicted molar refractivity (Wildman–Crippen MR) is 103 cm³/mol. The number of nitrogens with one attached hydrogen (secondary N) is 1. The van der Waals surface area contributed by atoms with E-state index in [1.807, 2.05) is 18.2 Å². The van der Waals surface area contributed by atoms with Gasteiger partial charge in [-0.25, -0.2) is 9.37 Å². The molecule has 4 aromatic rings. The number of hydrogen-bond donors (Lipinski definition) is 1. The van der Waals surface area contributed by atoms with Gasteiger partial charge in [0.25, 0.3) is 5.56 Å². The summed E-state index contributed by atoms with van der Waals surface area (Å²) in [6.45, 7) is 0. The molecule has 2 heterocycles. The van der Waals surface area contributed by atoms with Gasteiger partial charge in [0.2, 0.25) is 11.5 Å². The molecule has 2 aromatic carbocycles. The maximum Gasteiger partial charge on any atom is 0.297 e. The molecule has 0 fully saturated rings. The van der Waals surface area contributed by atoms with Crippen LogP contribution in [0.4, 0.5) is 10.1 Å². The number of para-hydroxylation sites is 1. The van der Waals surface area contributed by atoms with Crippen LogP contribution in [-0.4, -0.2) is 21.2 Å². The predicted octanol–water partition coefficient (Wildman–Crippen LogP) is 3.55. The number of hydrogen-bond acceptors (Lipinski definition) is 5. The summed E-state index contributed by atoms with van der Waals surface area (Å²) >= 11 is 1.14. The van der Waals surface area contributed by atoms with Gasteiger partial charge in [-0.05, 0) is 36.4 Å². The van der Waals surface area contributed by atoms with E-state index >= 15 is 0 Å². The van der Waals surface area contributed by atoms with Crippen LogP contribution < -0.4 is 10.9 Å². The van der Waals surface area contributed by atoms with Crippen LogP contribution in [0, 0.1) is 5.82 Å². The number of thioether (sulfide) groups is 1. The van der Waals surface area contributed by atoms with Gasteiger partial charge in [-0.2, -0.15) is 0 Å². The Labute approximate surface area is 157 Å². The number of rotatable bonds is 4. The third-order valence-electron chi connectivity index (χ3n) is 4.02. The standard InChI is InChI=1S/C19H14FN3O3S/c1-23-18(25)17-16(13-4-2-3-5-14(13)26-17)22-19(23)27-10-15(24)21-12-8-6-11(20)7-9-12/h2-9H,10H2,1H3,(H,21,24). The lowest BCUT2D eigenvalue weighted by Crippen LogP contribution is -2.21. The molecule has 0 aliphatic rings. The van der Waals surface area contributed by atoms with Crippen molar-refractivity contribution in [2.45, 2.75) is 5.16 Å². The number of halogens is 1. The molecule has 0 unspecified atom stereocenters. The maximum absolute atomic E-state index is 12.9. The highest BCUT2D eigenvalue weighted by Gasteiger charge is 2.16. The Morgan fingerprint density at radius 2 is 1.96 bits per heavy atom. The van der Waals surface area contributed by atoms with Crippen molar-refractivity contribution < 1.29 is 13.6 Å². The first-order valence-electron chi connectivity index (χ1n) is 8.09. The van der Waals surface area contributed by atoms with Gasteiger partial charge in [0.1, 0.15) is 16.9 Å². The van der Waals surface area contributed by atoms with Crippen molar-refractivity contribution in [2.75, 3.05) is 11.1 Å². The lowest BCUT2D eigenvalue weighted by Gasteiger charge is -2.07. The number of amides is 1. The minimum Gasteiger partial charge on any atom is -0.448 e. The number of carbonyl (C=O) groups excluding carboxylic acids is 1. The molecule has 0 aliphatic carbocycles. The molecule has 0 saturated carbocycles. The van der Waals surface area contributed by atoms with Gasteiger partial charge in [0.05, 0.1) is 5.75 Å². The molecule has 0 bridgehead atoms. The normalized spacial score (nSPS) is 11.2. The lowest BCUT2D eigenvalue weighted by atomic mass is 10.2. The zero-order valence-electron chi connectivity index (χ0n) is 14.2. The summed E-state index contributed by atoms with van der Waals surface area (Å²) in [4.78, 5) is 29.2. The number of furan rings is 1. The Morgan fingerprint density at radius 3 is 2.74 bits per heavy atom. The Balaban J connectivity index is 1.59. The van der Waals surface area contributed by atoms with Crippen molar-refractivity contribution in [2.24, 2.45) is 7.05 Å². The Kier molecular flexibility index (Phi) is 4.41. The first kappa shape index (κ1) is 17.3. The number of carbonyl (C=O) groups is 1. The van der Waals surface area contributed by atoms with E-state index in [4.69, 9.17) is 4.42 Å². The molecule has 8 heteroatoms. The van der Waals surface area contributed by atoms with E-state index in [2.05, 4.69) is 10.3 Å². The second-order valence-corrected chi connectivity index (χ2v) is 6.82. The topological polar surface area (TPSA) is 77.1 Å². The van der Waals surface area contributed by atoms with Crippen molar-refractivity contribution >= 4 is 45.4 Å². The van der Waals surface area contributed by atoms with Crippen LogP contribution in [0.2, 0.25) is 0 Å². The maximum atomic E-state index is 12.9. The Morgan fingerprint density at radius 1 is 1.22 bits per heavy atom. The molecule has 1 N–H and O–H groups in total. The molecule has 1 amide bonds. The molecule has 6 nitrogen and oxygen atoms in total. The smallest absolute Gasteiger partial charge is 0.297 e. The highest BCUT2D eigenvalue weighted by molar-refractivity contribution is 7.99. The van der Waals surface area contributed by atoms with Crippen molar-refractivity contribution in [3.05, 3.63) is 64.7 Å². The fourth-order valence-corrected chi connectivity index (χ4v) is 3.45. The first-order chi connectivity index (χ1) is 13.0. The largest absolute Gasteiger partial charge is 0.448 e. The van der Waals surface area contributed by atoms with Gasteiger partial charge < -0.3 is 9.73 Å². The van der Waals surface area contributed by atoms with E-state index < -0.39 is 0 Å². The van der Waals surface area contributed by atoms with Crippen molar-refractivity contribution in [1.29, 1.82) is 0 Å². The van der Waals surface area contributed by atoms with E-state index in [0.717, 1.165) is 17.1 Å². The van der Waals surface area contributed by atoms with Gasteiger partial charge in [-0.3, -0.25) is 14.2 Å². The quantitative estimate of drug-likeness (QED) is 0.431. The average Bonchev–Trinajstić information content (AvgIpc) is 3.04. The number of fused-ring (bicyclic) bond motifs is 3. The van der Waals surface area contributed by atoms with Crippen LogP contribution >= 0.6 is 11.8 Å². The molecule has 0 atom stereocenters. The zero-order valence-corrected chi connectivity index (χ0v) is 15.0. The highest BCUT2D eigenvalue weighted by Crippen LogP contribution is 2.26. The van der Waals surface area contributed by atoms with E-state index in [9.17, 15) is 14.0 Å². The molecule has 0 spiro atoms. The monoisotopic (exact) mass is 383 g/mol. The molecule has 0 saturated heterocycles. The summed E-state index contributed by atoms with van der Waals surface area (Å²) in [5.41, 5.74) is 1.46. The van der Waals surface area contributed by atoms with Gasteiger partial charge in [-0.1, -0.05) is 23.9 Å². The summed E-state index contributed by atoms with van der Waals surface area (Å²) < 4.78 is 19.9.